The Morgan fingerprint density at radius 3 is 2.44 bits per heavy atom. The number of hydrogen-bond acceptors (Lipinski definition) is 9. The van der Waals surface area contributed by atoms with Crippen molar-refractivity contribution in [3.05, 3.63) is 29.7 Å². The van der Waals surface area contributed by atoms with Gasteiger partial charge in [0, 0.05) is 39.6 Å². The number of esters is 1. The van der Waals surface area contributed by atoms with E-state index in [0.717, 1.165) is 18.0 Å². The third kappa shape index (κ3) is 9.37. The van der Waals surface area contributed by atoms with Crippen molar-refractivity contribution in [1.82, 2.24) is 4.90 Å². The number of nitrogens with zero attached hydrogens (tertiary/aromatic N) is 1. The third-order valence-corrected chi connectivity index (χ3v) is 4.47. The maximum absolute atomic E-state index is 13.2. The molecule has 0 aliphatic carbocycles. The van der Waals surface area contributed by atoms with E-state index in [-0.39, 0.29) is 61.6 Å². The van der Waals surface area contributed by atoms with Crippen LogP contribution in [0, 0.1) is 0 Å². The average molecular weight is 704 g/mol. The van der Waals surface area contributed by atoms with Gasteiger partial charge in [-0.25, -0.2) is 0 Å². The smallest absolute Gasteiger partial charge is 0.479 e. The van der Waals surface area contributed by atoms with Crippen LogP contribution >= 0.6 is 25.0 Å². The summed E-state index contributed by atoms with van der Waals surface area (Å²) in [5.41, 5.74) is -4.82. The number of nitrogens with one attached hydrogen (secondary N) is 1. The first kappa shape index (κ1) is 32.1. The molecule has 0 aromatic heterocycles. The minimum absolute atomic E-state index is 0. The molecule has 0 bridgehead atoms. The molecule has 0 saturated carbocycles. The number of carbonyl (C=O) groups excluding carboxylic acids is 3. The van der Waals surface area contributed by atoms with Crippen molar-refractivity contribution in [3.8, 4) is 11.5 Å². The van der Waals surface area contributed by atoms with Gasteiger partial charge in [-0.15, -0.1) is 0 Å². The Bertz CT molecular complexity index is 888. The van der Waals surface area contributed by atoms with Gasteiger partial charge in [0.1, 0.15) is 5.76 Å². The summed E-state index contributed by atoms with van der Waals surface area (Å²) in [5, 5.41) is 2.20. The first-order chi connectivity index (χ1) is 15.6. The van der Waals surface area contributed by atoms with E-state index in [4.69, 9.17) is 13.7 Å². The quantitative estimate of drug-likeness (QED) is 0.0985. The summed E-state index contributed by atoms with van der Waals surface area (Å²) in [4.78, 5) is 36.4. The fourth-order valence-corrected chi connectivity index (χ4v) is 3.16. The van der Waals surface area contributed by atoms with Gasteiger partial charge in [-0.1, -0.05) is 25.6 Å². The van der Waals surface area contributed by atoms with E-state index >= 15 is 0 Å². The first-order valence-electron chi connectivity index (χ1n) is 9.35. The molecular weight excluding hydrogens is 682 g/mol. The third-order valence-electron chi connectivity index (χ3n) is 3.83. The molecule has 34 heavy (non-hydrogen) atoms. The van der Waals surface area contributed by atoms with Crippen molar-refractivity contribution in [2.24, 2.45) is 0 Å². The van der Waals surface area contributed by atoms with Crippen LogP contribution in [0.4, 0.5) is 18.9 Å². The van der Waals surface area contributed by atoms with Crippen molar-refractivity contribution in [3.63, 3.8) is 0 Å². The van der Waals surface area contributed by atoms with Crippen LogP contribution in [0.25, 0.3) is 0 Å². The molecule has 1 N–H and O–H groups in total. The summed E-state index contributed by atoms with van der Waals surface area (Å²) in [6.07, 6.45) is 2.44. The summed E-state index contributed by atoms with van der Waals surface area (Å²) < 4.78 is 56.8. The molecule has 1 heterocycles. The standard InChI is InChI=1S/C17H16F3N2O7S2.C2H6.Ir/c1-9(24)28-15-5-13(21-8-23)12(4-14(15)26-2)16(25)22-6-11(3-10(22)7-27-30)29-31-17(18,19)20;1-2;/h4-6,10,30H,3,7H2,1-2H3,(H,21,23);1-2H3;/q-1;;/t10-;;/m0../s1. The van der Waals surface area contributed by atoms with Gasteiger partial charge in [0.2, 0.25) is 5.91 Å². The Kier molecular flexibility index (Phi) is 14.3. The molecule has 1 aromatic carbocycles. The van der Waals surface area contributed by atoms with Crippen molar-refractivity contribution >= 4 is 48.9 Å². The summed E-state index contributed by atoms with van der Waals surface area (Å²) in [6.45, 7) is 5.02. The van der Waals surface area contributed by atoms with Gasteiger partial charge in [0.25, 0.3) is 0 Å². The summed E-state index contributed by atoms with van der Waals surface area (Å²) >= 11 is 2.92. The maximum atomic E-state index is 13.2. The van der Waals surface area contributed by atoms with Crippen LogP contribution in [-0.2, 0) is 38.1 Å². The van der Waals surface area contributed by atoms with Crippen molar-refractivity contribution < 1.29 is 65.5 Å². The van der Waals surface area contributed by atoms with Crippen LogP contribution in [0.15, 0.2) is 24.1 Å². The van der Waals surface area contributed by atoms with Crippen LogP contribution in [0.3, 0.4) is 0 Å². The van der Waals surface area contributed by atoms with Crippen molar-refractivity contribution in [2.45, 2.75) is 38.7 Å². The van der Waals surface area contributed by atoms with E-state index in [9.17, 15) is 27.6 Å². The summed E-state index contributed by atoms with van der Waals surface area (Å²) in [7, 11) is 1.27. The first-order valence-corrected chi connectivity index (χ1v) is 10.5. The normalized spacial score (nSPS) is 14.6. The van der Waals surface area contributed by atoms with Crippen LogP contribution in [0.1, 0.15) is 37.6 Å². The van der Waals surface area contributed by atoms with E-state index in [0.29, 0.717) is 0 Å². The number of alkyl halides is 3. The number of hydrogen-bond donors (Lipinski definition) is 2. The van der Waals surface area contributed by atoms with Crippen LogP contribution in [-0.4, -0.2) is 48.5 Å². The van der Waals surface area contributed by atoms with E-state index in [2.05, 4.69) is 22.4 Å². The fraction of sp³-hybridized carbons (Fsp3) is 0.421. The van der Waals surface area contributed by atoms with Crippen LogP contribution in [0.5, 0.6) is 11.5 Å². The van der Waals surface area contributed by atoms with Gasteiger partial charge in [0.15, 0.2) is 23.5 Å². The second kappa shape index (κ2) is 15.1. The van der Waals surface area contributed by atoms with Gasteiger partial charge < -0.3 is 32.9 Å². The number of amides is 2. The van der Waals surface area contributed by atoms with E-state index in [1.807, 2.05) is 13.8 Å². The molecule has 1 atom stereocenters. The van der Waals surface area contributed by atoms with E-state index < -0.39 is 35.5 Å². The van der Waals surface area contributed by atoms with Crippen molar-refractivity contribution in [2.75, 3.05) is 19.0 Å². The molecule has 1 radical (unpaired) electrons. The second-order valence-corrected chi connectivity index (χ2v) is 7.00. The molecule has 2 rings (SSSR count). The number of benzene rings is 1. The topological polar surface area (TPSA) is 103 Å². The second-order valence-electron chi connectivity index (χ2n) is 5.94. The molecule has 193 valence electrons. The molecule has 0 unspecified atom stereocenters. The van der Waals surface area contributed by atoms with Gasteiger partial charge >= 0.3 is 11.5 Å². The van der Waals surface area contributed by atoms with Crippen molar-refractivity contribution in [1.29, 1.82) is 0 Å². The molecule has 9 nitrogen and oxygen atoms in total. The molecule has 0 saturated heterocycles. The predicted octanol–water partition coefficient (Wildman–Crippen LogP) is 4.23. The van der Waals surface area contributed by atoms with Gasteiger partial charge in [0.05, 0.1) is 26.2 Å². The zero-order chi connectivity index (χ0) is 25.2. The Morgan fingerprint density at radius 1 is 1.29 bits per heavy atom. The molecule has 1 aliphatic heterocycles. The van der Waals surface area contributed by atoms with Gasteiger partial charge in [-0.3, -0.25) is 9.59 Å². The number of anilines is 1. The molecule has 0 fully saturated rings. The molecule has 15 heteroatoms. The van der Waals surface area contributed by atoms with Gasteiger partial charge in [-0.05, 0) is 24.5 Å². The zero-order valence-corrected chi connectivity index (χ0v) is 22.5. The Balaban J connectivity index is 0.00000353. The Morgan fingerprint density at radius 2 is 1.94 bits per heavy atom. The average Bonchev–Trinajstić information content (AvgIpc) is 3.16. The maximum Gasteiger partial charge on any atom is 0.479 e. The minimum atomic E-state index is -4.63. The SMILES string of the molecule is CC.COc1cc(C(=O)N2C=C(OSC(F)(F)F)C[C@H]2COS)c(N[C-]=O)cc1OC(C)=O.[Ir]. The monoisotopic (exact) mass is 704 g/mol. The fourth-order valence-electron chi connectivity index (χ4n) is 2.68. The number of rotatable bonds is 9. The number of halogens is 3. The number of thiol groups is 1. The molecule has 1 aromatic rings. The predicted molar refractivity (Wildman–Crippen MR) is 117 cm³/mol. The van der Waals surface area contributed by atoms with Crippen LogP contribution < -0.4 is 14.8 Å². The Hall–Kier alpha value is -1.93. The zero-order valence-electron chi connectivity index (χ0n) is 18.4. The molecule has 0 spiro atoms. The number of methoxy groups -OCH3 is 1. The Labute approximate surface area is 217 Å². The largest absolute Gasteiger partial charge is 0.493 e. The minimum Gasteiger partial charge on any atom is -0.493 e. The molecule has 2 amide bonds. The number of ether oxygens (including phenoxy) is 2. The molecular formula is C19H22F3IrN2O7S2-. The summed E-state index contributed by atoms with van der Waals surface area (Å²) in [5.74, 6) is -1.58. The van der Waals surface area contributed by atoms with Gasteiger partial charge in [-0.2, -0.15) is 13.2 Å². The van der Waals surface area contributed by atoms with E-state index in [1.54, 1.807) is 0 Å². The van der Waals surface area contributed by atoms with E-state index in [1.165, 1.54) is 25.7 Å². The number of carbonyl (C=O) groups is 2. The molecule has 1 aliphatic rings. The summed E-state index contributed by atoms with van der Waals surface area (Å²) in [6, 6.07) is 1.65. The van der Waals surface area contributed by atoms with Crippen LogP contribution in [0.2, 0.25) is 0 Å².